The summed E-state index contributed by atoms with van der Waals surface area (Å²) >= 11 is 11.8. The third-order valence-corrected chi connectivity index (χ3v) is 4.38. The van der Waals surface area contributed by atoms with Crippen molar-refractivity contribution in [3.63, 3.8) is 0 Å². The molecular weight excluding hydrogens is 373 g/mol. The number of aliphatic hydroxyl groups is 1. The second-order valence-corrected chi connectivity index (χ2v) is 7.92. The summed E-state index contributed by atoms with van der Waals surface area (Å²) in [5.41, 5.74) is 1.59. The SMILES string of the molecule is CC(C)(C)c1ccc(OC[C@H](O)CNC(=O)c2ccc(Cl)cc2Cl)cc1. The van der Waals surface area contributed by atoms with Crippen LogP contribution < -0.4 is 10.1 Å². The van der Waals surface area contributed by atoms with Crippen LogP contribution in [-0.2, 0) is 5.41 Å². The highest BCUT2D eigenvalue weighted by Gasteiger charge is 2.14. The topological polar surface area (TPSA) is 58.6 Å². The Morgan fingerprint density at radius 1 is 1.15 bits per heavy atom. The van der Waals surface area contributed by atoms with E-state index < -0.39 is 6.10 Å². The maximum absolute atomic E-state index is 12.1. The van der Waals surface area contributed by atoms with E-state index in [1.165, 1.54) is 11.6 Å². The van der Waals surface area contributed by atoms with Gasteiger partial charge in [0.2, 0.25) is 0 Å². The van der Waals surface area contributed by atoms with Crippen LogP contribution in [0, 0.1) is 0 Å². The van der Waals surface area contributed by atoms with Crippen LogP contribution in [0.5, 0.6) is 5.75 Å². The molecular formula is C20H23Cl2NO3. The first-order valence-corrected chi connectivity index (χ1v) is 9.07. The van der Waals surface area contributed by atoms with Crippen molar-refractivity contribution in [3.8, 4) is 5.75 Å². The molecule has 0 bridgehead atoms. The summed E-state index contributed by atoms with van der Waals surface area (Å²) in [4.78, 5) is 12.1. The Morgan fingerprint density at radius 3 is 2.38 bits per heavy atom. The van der Waals surface area contributed by atoms with Crippen molar-refractivity contribution in [3.05, 3.63) is 63.6 Å². The van der Waals surface area contributed by atoms with E-state index in [-0.39, 0.29) is 29.5 Å². The average molecular weight is 396 g/mol. The first-order chi connectivity index (χ1) is 12.2. The molecule has 0 saturated heterocycles. The Bertz CT molecular complexity index is 755. The van der Waals surface area contributed by atoms with E-state index in [1.807, 2.05) is 24.3 Å². The van der Waals surface area contributed by atoms with Gasteiger partial charge in [-0.2, -0.15) is 0 Å². The van der Waals surface area contributed by atoms with Crippen molar-refractivity contribution in [1.82, 2.24) is 5.32 Å². The van der Waals surface area contributed by atoms with E-state index in [9.17, 15) is 9.90 Å². The molecule has 2 aromatic rings. The van der Waals surface area contributed by atoms with Gasteiger partial charge < -0.3 is 15.2 Å². The zero-order valence-electron chi connectivity index (χ0n) is 15.1. The molecule has 1 atom stereocenters. The van der Waals surface area contributed by atoms with Gasteiger partial charge in [-0.3, -0.25) is 4.79 Å². The molecule has 0 aliphatic carbocycles. The molecule has 0 spiro atoms. The van der Waals surface area contributed by atoms with Crippen LogP contribution >= 0.6 is 23.2 Å². The molecule has 0 aromatic heterocycles. The molecule has 2 rings (SSSR count). The van der Waals surface area contributed by atoms with Gasteiger partial charge in [0.1, 0.15) is 18.5 Å². The first-order valence-electron chi connectivity index (χ1n) is 8.31. The van der Waals surface area contributed by atoms with Crippen molar-refractivity contribution in [1.29, 1.82) is 0 Å². The van der Waals surface area contributed by atoms with Gasteiger partial charge in [-0.15, -0.1) is 0 Å². The maximum atomic E-state index is 12.1. The highest BCUT2D eigenvalue weighted by Crippen LogP contribution is 2.24. The van der Waals surface area contributed by atoms with E-state index in [4.69, 9.17) is 27.9 Å². The van der Waals surface area contributed by atoms with Gasteiger partial charge >= 0.3 is 0 Å². The molecule has 0 fully saturated rings. The summed E-state index contributed by atoms with van der Waals surface area (Å²) in [7, 11) is 0. The van der Waals surface area contributed by atoms with Crippen LogP contribution in [0.1, 0.15) is 36.7 Å². The van der Waals surface area contributed by atoms with Crippen LogP contribution in [0.4, 0.5) is 0 Å². The average Bonchev–Trinajstić information content (AvgIpc) is 2.57. The maximum Gasteiger partial charge on any atom is 0.252 e. The largest absolute Gasteiger partial charge is 0.491 e. The minimum absolute atomic E-state index is 0.0534. The van der Waals surface area contributed by atoms with E-state index >= 15 is 0 Å². The molecule has 0 radical (unpaired) electrons. The lowest BCUT2D eigenvalue weighted by atomic mass is 9.87. The number of carbonyl (C=O) groups is 1. The number of aliphatic hydroxyl groups excluding tert-OH is 1. The Labute approximate surface area is 164 Å². The number of nitrogens with one attached hydrogen (secondary N) is 1. The molecule has 0 unspecified atom stereocenters. The third kappa shape index (κ3) is 5.90. The number of ether oxygens (including phenoxy) is 1. The smallest absolute Gasteiger partial charge is 0.252 e. The fraction of sp³-hybridized carbons (Fsp3) is 0.350. The fourth-order valence-electron chi connectivity index (χ4n) is 2.28. The van der Waals surface area contributed by atoms with Gasteiger partial charge in [0, 0.05) is 11.6 Å². The lowest BCUT2D eigenvalue weighted by Crippen LogP contribution is -2.35. The lowest BCUT2D eigenvalue weighted by molar-refractivity contribution is 0.0844. The molecule has 2 aromatic carbocycles. The molecule has 0 saturated carbocycles. The molecule has 140 valence electrons. The standard InChI is InChI=1S/C20H23Cl2NO3/c1-20(2,3)13-4-7-16(8-5-13)26-12-15(24)11-23-19(25)17-9-6-14(21)10-18(17)22/h4-10,15,24H,11-12H2,1-3H3,(H,23,25)/t15-/m1/s1. The van der Waals surface area contributed by atoms with Crippen molar-refractivity contribution in [2.45, 2.75) is 32.3 Å². The number of rotatable bonds is 6. The van der Waals surface area contributed by atoms with Crippen LogP contribution in [-0.4, -0.2) is 30.3 Å². The number of hydrogen-bond acceptors (Lipinski definition) is 3. The molecule has 0 aliphatic rings. The zero-order chi connectivity index (χ0) is 19.3. The normalized spacial score (nSPS) is 12.5. The lowest BCUT2D eigenvalue weighted by Gasteiger charge is -2.19. The molecule has 4 nitrogen and oxygen atoms in total. The number of hydrogen-bond donors (Lipinski definition) is 2. The third-order valence-electron chi connectivity index (χ3n) is 3.84. The van der Waals surface area contributed by atoms with Gasteiger partial charge in [0.05, 0.1) is 10.6 Å². The Morgan fingerprint density at radius 2 is 1.81 bits per heavy atom. The predicted octanol–water partition coefficient (Wildman–Crippen LogP) is 4.46. The van der Waals surface area contributed by atoms with Gasteiger partial charge in [-0.05, 0) is 41.3 Å². The summed E-state index contributed by atoms with van der Waals surface area (Å²) in [5.74, 6) is 0.296. The van der Waals surface area contributed by atoms with Gasteiger partial charge in [0.25, 0.3) is 5.91 Å². The predicted molar refractivity (Wildman–Crippen MR) is 105 cm³/mol. The van der Waals surface area contributed by atoms with Gasteiger partial charge in [-0.25, -0.2) is 0 Å². The minimum Gasteiger partial charge on any atom is -0.491 e. The van der Waals surface area contributed by atoms with Crippen molar-refractivity contribution < 1.29 is 14.6 Å². The highest BCUT2D eigenvalue weighted by atomic mass is 35.5. The summed E-state index contributed by atoms with van der Waals surface area (Å²) in [6.45, 7) is 6.55. The summed E-state index contributed by atoms with van der Waals surface area (Å²) in [6.07, 6.45) is -0.840. The van der Waals surface area contributed by atoms with E-state index in [0.29, 0.717) is 16.3 Å². The molecule has 1 amide bonds. The van der Waals surface area contributed by atoms with Crippen LogP contribution in [0.3, 0.4) is 0 Å². The quantitative estimate of drug-likeness (QED) is 0.758. The van der Waals surface area contributed by atoms with E-state index in [2.05, 4.69) is 26.1 Å². The van der Waals surface area contributed by atoms with E-state index in [1.54, 1.807) is 12.1 Å². The Hall–Kier alpha value is -1.75. The summed E-state index contributed by atoms with van der Waals surface area (Å²) < 4.78 is 5.57. The molecule has 0 aliphatic heterocycles. The highest BCUT2D eigenvalue weighted by molar-refractivity contribution is 6.36. The number of carbonyl (C=O) groups excluding carboxylic acids is 1. The second-order valence-electron chi connectivity index (χ2n) is 7.07. The summed E-state index contributed by atoms with van der Waals surface area (Å²) in [5, 5.41) is 13.4. The first kappa shape index (κ1) is 20.6. The van der Waals surface area contributed by atoms with Crippen LogP contribution in [0.25, 0.3) is 0 Å². The van der Waals surface area contributed by atoms with E-state index in [0.717, 1.165) is 0 Å². The fourth-order valence-corrected chi connectivity index (χ4v) is 2.78. The van der Waals surface area contributed by atoms with Crippen molar-refractivity contribution in [2.75, 3.05) is 13.2 Å². The van der Waals surface area contributed by atoms with Crippen LogP contribution in [0.2, 0.25) is 10.0 Å². The molecule has 2 N–H and O–H groups in total. The number of benzene rings is 2. The number of halogens is 2. The summed E-state index contributed by atoms with van der Waals surface area (Å²) in [6, 6.07) is 12.4. The van der Waals surface area contributed by atoms with Crippen molar-refractivity contribution >= 4 is 29.1 Å². The van der Waals surface area contributed by atoms with Crippen molar-refractivity contribution in [2.24, 2.45) is 0 Å². The van der Waals surface area contributed by atoms with Crippen LogP contribution in [0.15, 0.2) is 42.5 Å². The van der Waals surface area contributed by atoms with Gasteiger partial charge in [-0.1, -0.05) is 56.1 Å². The molecule has 6 heteroatoms. The Balaban J connectivity index is 1.81. The molecule has 26 heavy (non-hydrogen) atoms. The monoisotopic (exact) mass is 395 g/mol. The minimum atomic E-state index is -0.840. The zero-order valence-corrected chi connectivity index (χ0v) is 16.6. The molecule has 0 heterocycles. The van der Waals surface area contributed by atoms with Gasteiger partial charge in [0.15, 0.2) is 0 Å². The second kappa shape index (κ2) is 8.76. The Kier molecular flexibility index (Phi) is 6.93. The number of amides is 1.